The highest BCUT2D eigenvalue weighted by molar-refractivity contribution is 9.09. The average molecular weight is 371 g/mol. The van der Waals surface area contributed by atoms with Crippen molar-refractivity contribution in [3.05, 3.63) is 23.8 Å². The summed E-state index contributed by atoms with van der Waals surface area (Å²) in [7, 11) is 1.39. The van der Waals surface area contributed by atoms with Gasteiger partial charge in [-0.25, -0.2) is 4.79 Å². The standard InChI is InChI=1S/C16H23BrN2O3/c1-3-12(17)9-18-14-5-4-11(16(20)21-2)8-15(14)19-10-13-6-7-22-13/h4-5,8,12-13,18-19H,3,6-7,9-10H2,1-2H3. The highest BCUT2D eigenvalue weighted by Crippen LogP contribution is 2.25. The number of esters is 1. The van der Waals surface area contributed by atoms with Gasteiger partial charge >= 0.3 is 5.97 Å². The molecule has 2 atom stereocenters. The van der Waals surface area contributed by atoms with Crippen molar-refractivity contribution in [2.24, 2.45) is 0 Å². The van der Waals surface area contributed by atoms with Crippen LogP contribution in [0.15, 0.2) is 18.2 Å². The van der Waals surface area contributed by atoms with Crippen LogP contribution in [-0.2, 0) is 9.47 Å². The molecule has 2 N–H and O–H groups in total. The number of alkyl halides is 1. The Balaban J connectivity index is 2.08. The fourth-order valence-corrected chi connectivity index (χ4v) is 2.29. The summed E-state index contributed by atoms with van der Waals surface area (Å²) in [6, 6.07) is 5.50. The Morgan fingerprint density at radius 2 is 2.23 bits per heavy atom. The van der Waals surface area contributed by atoms with Crippen LogP contribution in [0.2, 0.25) is 0 Å². The molecule has 0 spiro atoms. The van der Waals surface area contributed by atoms with Crippen molar-refractivity contribution in [3.8, 4) is 0 Å². The van der Waals surface area contributed by atoms with Crippen LogP contribution in [0, 0.1) is 0 Å². The lowest BCUT2D eigenvalue weighted by molar-refractivity contribution is -0.0410. The third-order valence-electron chi connectivity index (χ3n) is 3.71. The molecule has 5 nitrogen and oxygen atoms in total. The molecular formula is C16H23BrN2O3. The molecule has 0 saturated carbocycles. The lowest BCUT2D eigenvalue weighted by atomic mass is 10.1. The largest absolute Gasteiger partial charge is 0.465 e. The lowest BCUT2D eigenvalue weighted by Gasteiger charge is -2.27. The fraction of sp³-hybridized carbons (Fsp3) is 0.562. The van der Waals surface area contributed by atoms with E-state index in [0.717, 1.165) is 43.9 Å². The molecule has 1 aromatic carbocycles. The zero-order valence-electron chi connectivity index (χ0n) is 13.0. The van der Waals surface area contributed by atoms with Gasteiger partial charge in [-0.1, -0.05) is 22.9 Å². The van der Waals surface area contributed by atoms with E-state index >= 15 is 0 Å². The van der Waals surface area contributed by atoms with E-state index in [9.17, 15) is 4.79 Å². The van der Waals surface area contributed by atoms with Gasteiger partial charge in [-0.2, -0.15) is 0 Å². The normalized spacial score (nSPS) is 18.2. The van der Waals surface area contributed by atoms with Crippen LogP contribution < -0.4 is 10.6 Å². The van der Waals surface area contributed by atoms with E-state index in [1.165, 1.54) is 7.11 Å². The first-order valence-electron chi connectivity index (χ1n) is 7.59. The van der Waals surface area contributed by atoms with E-state index in [4.69, 9.17) is 9.47 Å². The zero-order chi connectivity index (χ0) is 15.9. The average Bonchev–Trinajstić information content (AvgIpc) is 2.50. The molecule has 2 rings (SSSR count). The number of anilines is 2. The van der Waals surface area contributed by atoms with Gasteiger partial charge in [0.2, 0.25) is 0 Å². The Hall–Kier alpha value is -1.27. The summed E-state index contributed by atoms with van der Waals surface area (Å²) in [5, 5.41) is 6.77. The van der Waals surface area contributed by atoms with Gasteiger partial charge < -0.3 is 20.1 Å². The van der Waals surface area contributed by atoms with Gasteiger partial charge in [0, 0.05) is 24.5 Å². The van der Waals surface area contributed by atoms with Crippen LogP contribution >= 0.6 is 15.9 Å². The number of rotatable bonds is 8. The summed E-state index contributed by atoms with van der Waals surface area (Å²) in [6.45, 7) is 4.53. The van der Waals surface area contributed by atoms with Crippen LogP contribution in [0.5, 0.6) is 0 Å². The third-order valence-corrected chi connectivity index (χ3v) is 4.68. The van der Waals surface area contributed by atoms with Crippen molar-refractivity contribution in [1.29, 1.82) is 0 Å². The molecule has 1 aliphatic rings. The summed E-state index contributed by atoms with van der Waals surface area (Å²) < 4.78 is 10.2. The van der Waals surface area contributed by atoms with E-state index in [-0.39, 0.29) is 12.1 Å². The molecule has 1 heterocycles. The first-order valence-corrected chi connectivity index (χ1v) is 8.51. The van der Waals surface area contributed by atoms with Gasteiger partial charge in [0.15, 0.2) is 0 Å². The maximum absolute atomic E-state index is 11.7. The fourth-order valence-electron chi connectivity index (χ4n) is 2.12. The van der Waals surface area contributed by atoms with Gasteiger partial charge in [0.05, 0.1) is 30.2 Å². The van der Waals surface area contributed by atoms with Crippen molar-refractivity contribution < 1.29 is 14.3 Å². The predicted octanol–water partition coefficient (Wildman–Crippen LogP) is 3.26. The Morgan fingerprint density at radius 3 is 2.82 bits per heavy atom. The minimum Gasteiger partial charge on any atom is -0.465 e. The molecule has 0 radical (unpaired) electrons. The number of hydrogen-bond acceptors (Lipinski definition) is 5. The monoisotopic (exact) mass is 370 g/mol. The molecule has 0 aromatic heterocycles. The highest BCUT2D eigenvalue weighted by Gasteiger charge is 2.18. The molecule has 1 aliphatic heterocycles. The topological polar surface area (TPSA) is 59.6 Å². The lowest BCUT2D eigenvalue weighted by Crippen LogP contribution is -2.33. The van der Waals surface area contributed by atoms with Crippen molar-refractivity contribution in [2.45, 2.75) is 30.7 Å². The molecule has 122 valence electrons. The Kier molecular flexibility index (Phi) is 6.51. The summed E-state index contributed by atoms with van der Waals surface area (Å²) in [5.74, 6) is -0.332. The molecule has 2 unspecified atom stereocenters. The Labute approximate surface area is 139 Å². The molecule has 1 saturated heterocycles. The maximum atomic E-state index is 11.7. The number of carbonyl (C=O) groups excluding carboxylic acids is 1. The van der Waals surface area contributed by atoms with Crippen molar-refractivity contribution >= 4 is 33.3 Å². The Bertz CT molecular complexity index is 506. The first kappa shape index (κ1) is 17.1. The number of carbonyl (C=O) groups is 1. The molecular weight excluding hydrogens is 348 g/mol. The SMILES string of the molecule is CCC(Br)CNc1ccc(C(=O)OC)cc1NCC1CCO1. The zero-order valence-corrected chi connectivity index (χ0v) is 14.6. The van der Waals surface area contributed by atoms with Gasteiger partial charge in [0.25, 0.3) is 0 Å². The summed E-state index contributed by atoms with van der Waals surface area (Å²) in [5.41, 5.74) is 2.41. The van der Waals surface area contributed by atoms with Crippen LogP contribution in [0.1, 0.15) is 30.1 Å². The molecule has 22 heavy (non-hydrogen) atoms. The van der Waals surface area contributed by atoms with Gasteiger partial charge in [-0.05, 0) is 31.0 Å². The van der Waals surface area contributed by atoms with Crippen LogP contribution in [0.4, 0.5) is 11.4 Å². The molecule has 1 fully saturated rings. The first-order chi connectivity index (χ1) is 10.6. The summed E-state index contributed by atoms with van der Waals surface area (Å²) in [6.07, 6.45) is 2.38. The number of hydrogen-bond donors (Lipinski definition) is 2. The second-order valence-electron chi connectivity index (χ2n) is 5.30. The minimum atomic E-state index is -0.332. The number of ether oxygens (including phenoxy) is 2. The third kappa shape index (κ3) is 4.61. The van der Waals surface area contributed by atoms with Crippen LogP contribution in [0.25, 0.3) is 0 Å². The Morgan fingerprint density at radius 1 is 1.45 bits per heavy atom. The van der Waals surface area contributed by atoms with E-state index in [1.54, 1.807) is 6.07 Å². The molecule has 0 bridgehead atoms. The maximum Gasteiger partial charge on any atom is 0.337 e. The predicted molar refractivity (Wildman–Crippen MR) is 92.1 cm³/mol. The molecule has 1 aromatic rings. The van der Waals surface area contributed by atoms with Gasteiger partial charge in [-0.15, -0.1) is 0 Å². The summed E-state index contributed by atoms with van der Waals surface area (Å²) in [4.78, 5) is 12.1. The minimum absolute atomic E-state index is 0.259. The van der Waals surface area contributed by atoms with E-state index in [1.807, 2.05) is 12.1 Å². The molecule has 0 amide bonds. The van der Waals surface area contributed by atoms with Crippen molar-refractivity contribution in [1.82, 2.24) is 0 Å². The van der Waals surface area contributed by atoms with E-state index < -0.39 is 0 Å². The van der Waals surface area contributed by atoms with Gasteiger partial charge in [-0.3, -0.25) is 0 Å². The second kappa shape index (κ2) is 8.39. The second-order valence-corrected chi connectivity index (χ2v) is 6.60. The molecule has 6 heteroatoms. The number of halogens is 1. The van der Waals surface area contributed by atoms with E-state index in [0.29, 0.717) is 10.4 Å². The van der Waals surface area contributed by atoms with Crippen LogP contribution in [0.3, 0.4) is 0 Å². The molecule has 0 aliphatic carbocycles. The van der Waals surface area contributed by atoms with Crippen molar-refractivity contribution in [3.63, 3.8) is 0 Å². The van der Waals surface area contributed by atoms with E-state index in [2.05, 4.69) is 33.5 Å². The smallest absolute Gasteiger partial charge is 0.337 e. The highest BCUT2D eigenvalue weighted by atomic mass is 79.9. The van der Waals surface area contributed by atoms with Crippen LogP contribution in [-0.4, -0.2) is 43.7 Å². The number of nitrogens with one attached hydrogen (secondary N) is 2. The number of methoxy groups -OCH3 is 1. The summed E-state index contributed by atoms with van der Waals surface area (Å²) >= 11 is 3.61. The number of benzene rings is 1. The van der Waals surface area contributed by atoms with Crippen molar-refractivity contribution in [2.75, 3.05) is 37.4 Å². The quantitative estimate of drug-likeness (QED) is 0.543. The van der Waals surface area contributed by atoms with Gasteiger partial charge in [0.1, 0.15) is 0 Å².